The van der Waals surface area contributed by atoms with E-state index in [-0.39, 0.29) is 0 Å². The number of halogens is 2. The number of thioether (sulfide) groups is 1. The highest BCUT2D eigenvalue weighted by molar-refractivity contribution is 9.10. The van der Waals surface area contributed by atoms with E-state index in [1.165, 1.54) is 32.5 Å². The van der Waals surface area contributed by atoms with Crippen LogP contribution in [0.5, 0.6) is 5.75 Å². The lowest BCUT2D eigenvalue weighted by molar-refractivity contribution is 0.414. The van der Waals surface area contributed by atoms with Gasteiger partial charge in [-0.2, -0.15) is 0 Å². The van der Waals surface area contributed by atoms with Crippen molar-refractivity contribution >= 4 is 39.3 Å². The molecule has 21 heavy (non-hydrogen) atoms. The van der Waals surface area contributed by atoms with Gasteiger partial charge in [0.25, 0.3) is 0 Å². The maximum Gasteiger partial charge on any atom is 0.118 e. The third-order valence-corrected chi connectivity index (χ3v) is 6.20. The predicted octanol–water partition coefficient (Wildman–Crippen LogP) is 5.74. The number of rotatable bonds is 3. The standard InChI is InChI=1S/C17H16BrClOS/c1-20-13-6-4-11(5-7-13)9-12-10-15(18)14-3-2-8-21-17(14)16(12)19/h4-7,10H,2-3,8-9H2,1H3. The van der Waals surface area contributed by atoms with Crippen LogP contribution in [0, 0.1) is 0 Å². The topological polar surface area (TPSA) is 9.23 Å². The Hall–Kier alpha value is -0.640. The molecule has 1 heterocycles. The minimum Gasteiger partial charge on any atom is -0.497 e. The molecule has 0 aliphatic carbocycles. The van der Waals surface area contributed by atoms with E-state index in [9.17, 15) is 0 Å². The number of hydrogen-bond donors (Lipinski definition) is 0. The van der Waals surface area contributed by atoms with Crippen LogP contribution in [0.2, 0.25) is 5.02 Å². The molecule has 0 bridgehead atoms. The molecule has 1 aliphatic rings. The Labute approximate surface area is 143 Å². The van der Waals surface area contributed by atoms with Crippen LogP contribution in [-0.2, 0) is 12.8 Å². The zero-order valence-electron chi connectivity index (χ0n) is 11.8. The molecule has 0 amide bonds. The van der Waals surface area contributed by atoms with Crippen molar-refractivity contribution in [3.8, 4) is 5.75 Å². The molecule has 1 nitrogen and oxygen atoms in total. The summed E-state index contributed by atoms with van der Waals surface area (Å²) >= 11 is 12.2. The van der Waals surface area contributed by atoms with Gasteiger partial charge in [-0.1, -0.05) is 39.7 Å². The average Bonchev–Trinajstić information content (AvgIpc) is 2.53. The van der Waals surface area contributed by atoms with Crippen LogP contribution in [0.25, 0.3) is 0 Å². The lowest BCUT2D eigenvalue weighted by atomic mass is 10.0. The summed E-state index contributed by atoms with van der Waals surface area (Å²) in [5, 5.41) is 0.925. The van der Waals surface area contributed by atoms with Crippen molar-refractivity contribution in [2.75, 3.05) is 12.9 Å². The van der Waals surface area contributed by atoms with E-state index >= 15 is 0 Å². The van der Waals surface area contributed by atoms with Gasteiger partial charge in [-0.25, -0.2) is 0 Å². The minimum atomic E-state index is 0.843. The average molecular weight is 384 g/mol. The Kier molecular flexibility index (Phi) is 4.82. The first-order valence-electron chi connectivity index (χ1n) is 6.94. The van der Waals surface area contributed by atoms with E-state index in [1.807, 2.05) is 23.9 Å². The first-order valence-corrected chi connectivity index (χ1v) is 9.10. The summed E-state index contributed by atoms with van der Waals surface area (Å²) in [5.74, 6) is 2.04. The van der Waals surface area contributed by atoms with Crippen molar-refractivity contribution in [2.24, 2.45) is 0 Å². The lowest BCUT2D eigenvalue weighted by Gasteiger charge is -2.20. The third kappa shape index (κ3) is 3.25. The van der Waals surface area contributed by atoms with Gasteiger partial charge in [-0.3, -0.25) is 0 Å². The highest BCUT2D eigenvalue weighted by atomic mass is 79.9. The van der Waals surface area contributed by atoms with E-state index in [4.69, 9.17) is 16.3 Å². The van der Waals surface area contributed by atoms with Crippen molar-refractivity contribution in [3.63, 3.8) is 0 Å². The molecule has 0 radical (unpaired) electrons. The van der Waals surface area contributed by atoms with Gasteiger partial charge in [-0.05, 0) is 59.9 Å². The SMILES string of the molecule is COc1ccc(Cc2cc(Br)c3c(c2Cl)SCCC3)cc1. The Morgan fingerprint density at radius 2 is 2.05 bits per heavy atom. The van der Waals surface area contributed by atoms with Gasteiger partial charge in [0.2, 0.25) is 0 Å². The molecule has 2 aromatic rings. The van der Waals surface area contributed by atoms with Crippen molar-refractivity contribution in [1.29, 1.82) is 0 Å². The summed E-state index contributed by atoms with van der Waals surface area (Å²) in [7, 11) is 1.68. The van der Waals surface area contributed by atoms with Crippen LogP contribution in [0.1, 0.15) is 23.1 Å². The second-order valence-electron chi connectivity index (χ2n) is 5.12. The fraction of sp³-hybridized carbons (Fsp3) is 0.294. The van der Waals surface area contributed by atoms with E-state index in [1.54, 1.807) is 7.11 Å². The van der Waals surface area contributed by atoms with Gasteiger partial charge in [0.1, 0.15) is 5.75 Å². The zero-order chi connectivity index (χ0) is 14.8. The molecule has 0 unspecified atom stereocenters. The molecule has 0 aromatic heterocycles. The molecule has 1 aliphatic heterocycles. The molecule has 4 heteroatoms. The van der Waals surface area contributed by atoms with Gasteiger partial charge in [0, 0.05) is 9.37 Å². The Balaban J connectivity index is 1.93. The Morgan fingerprint density at radius 1 is 1.29 bits per heavy atom. The van der Waals surface area contributed by atoms with Gasteiger partial charge < -0.3 is 4.74 Å². The number of hydrogen-bond acceptors (Lipinski definition) is 2. The van der Waals surface area contributed by atoms with Crippen LogP contribution in [0.3, 0.4) is 0 Å². The van der Waals surface area contributed by atoms with E-state index < -0.39 is 0 Å². The fourth-order valence-corrected chi connectivity index (χ4v) is 4.93. The van der Waals surface area contributed by atoms with Crippen molar-refractivity contribution in [3.05, 3.63) is 56.5 Å². The van der Waals surface area contributed by atoms with Gasteiger partial charge >= 0.3 is 0 Å². The van der Waals surface area contributed by atoms with Gasteiger partial charge in [-0.15, -0.1) is 11.8 Å². The third-order valence-electron chi connectivity index (χ3n) is 3.72. The maximum absolute atomic E-state index is 6.64. The first kappa shape index (κ1) is 15.3. The summed E-state index contributed by atoms with van der Waals surface area (Å²) in [6.07, 6.45) is 3.19. The highest BCUT2D eigenvalue weighted by Gasteiger charge is 2.19. The summed E-state index contributed by atoms with van der Waals surface area (Å²) in [5.41, 5.74) is 3.79. The highest BCUT2D eigenvalue weighted by Crippen LogP contribution is 2.42. The quantitative estimate of drug-likeness (QED) is 0.668. The summed E-state index contributed by atoms with van der Waals surface area (Å²) < 4.78 is 6.39. The molecule has 0 saturated heterocycles. The van der Waals surface area contributed by atoms with Crippen molar-refractivity contribution in [2.45, 2.75) is 24.2 Å². The second kappa shape index (κ2) is 6.64. The summed E-state index contributed by atoms with van der Waals surface area (Å²) in [6, 6.07) is 10.3. The minimum absolute atomic E-state index is 0.843. The van der Waals surface area contributed by atoms with Crippen LogP contribution >= 0.6 is 39.3 Å². The van der Waals surface area contributed by atoms with Crippen LogP contribution in [-0.4, -0.2) is 12.9 Å². The predicted molar refractivity (Wildman–Crippen MR) is 94.0 cm³/mol. The van der Waals surface area contributed by atoms with Gasteiger partial charge in [0.15, 0.2) is 0 Å². The number of benzene rings is 2. The number of methoxy groups -OCH3 is 1. The molecule has 110 valence electrons. The molecule has 0 saturated carbocycles. The molecule has 0 fully saturated rings. The normalized spacial score (nSPS) is 13.9. The van der Waals surface area contributed by atoms with Crippen LogP contribution in [0.15, 0.2) is 39.7 Å². The van der Waals surface area contributed by atoms with E-state index in [2.05, 4.69) is 34.1 Å². The monoisotopic (exact) mass is 382 g/mol. The van der Waals surface area contributed by atoms with Gasteiger partial charge in [0.05, 0.1) is 12.1 Å². The van der Waals surface area contributed by atoms with Crippen LogP contribution < -0.4 is 4.74 Å². The summed E-state index contributed by atoms with van der Waals surface area (Å²) in [4.78, 5) is 1.26. The molecular weight excluding hydrogens is 368 g/mol. The largest absolute Gasteiger partial charge is 0.497 e. The zero-order valence-corrected chi connectivity index (χ0v) is 14.9. The molecule has 3 rings (SSSR count). The molecule has 0 N–H and O–H groups in total. The van der Waals surface area contributed by atoms with Crippen molar-refractivity contribution < 1.29 is 4.74 Å². The first-order chi connectivity index (χ1) is 10.2. The number of ether oxygens (including phenoxy) is 1. The molecule has 0 spiro atoms. The summed E-state index contributed by atoms with van der Waals surface area (Å²) in [6.45, 7) is 0. The lowest BCUT2D eigenvalue weighted by Crippen LogP contribution is -2.03. The van der Waals surface area contributed by atoms with E-state index in [0.717, 1.165) is 29.4 Å². The molecule has 2 aromatic carbocycles. The Bertz CT molecular complexity index is 655. The maximum atomic E-state index is 6.64. The van der Waals surface area contributed by atoms with Crippen molar-refractivity contribution in [1.82, 2.24) is 0 Å². The fourth-order valence-electron chi connectivity index (χ4n) is 2.59. The second-order valence-corrected chi connectivity index (χ2v) is 7.45. The smallest absolute Gasteiger partial charge is 0.118 e. The Morgan fingerprint density at radius 3 is 2.76 bits per heavy atom. The van der Waals surface area contributed by atoms with E-state index in [0.29, 0.717) is 0 Å². The molecular formula is C17H16BrClOS. The van der Waals surface area contributed by atoms with Crippen LogP contribution in [0.4, 0.5) is 0 Å². The number of fused-ring (bicyclic) bond motifs is 1. The molecule has 0 atom stereocenters.